The lowest BCUT2D eigenvalue weighted by Gasteiger charge is -2.36. The highest BCUT2D eigenvalue weighted by Crippen LogP contribution is 2.42. The Balaban J connectivity index is 2.00. The third-order valence-corrected chi connectivity index (χ3v) is 5.33. The van der Waals surface area contributed by atoms with E-state index in [0.29, 0.717) is 18.5 Å². The number of methoxy groups -OCH3 is 1. The summed E-state index contributed by atoms with van der Waals surface area (Å²) < 4.78 is 5.22. The summed E-state index contributed by atoms with van der Waals surface area (Å²) >= 11 is 0. The molecular weight excluding hydrogens is 316 g/mol. The zero-order chi connectivity index (χ0) is 17.9. The number of carbonyl (C=O) groups excluding carboxylic acids is 2. The molecule has 0 unspecified atom stereocenters. The standard InChI is InChI=1S/C20H26N2O3/c1-3-17(23)21-13-16-18(14-7-9-15(25-2)10-8-14)19(24)22-20(16)11-5-4-6-12-20/h7-10H,3-6,11-13H2,1-2H3,(H,21,23)(H,22,24). The average molecular weight is 342 g/mol. The van der Waals surface area contributed by atoms with Crippen LogP contribution in [0.3, 0.4) is 0 Å². The van der Waals surface area contributed by atoms with Crippen LogP contribution in [0, 0.1) is 0 Å². The molecule has 0 atom stereocenters. The van der Waals surface area contributed by atoms with Crippen molar-refractivity contribution in [3.05, 3.63) is 35.4 Å². The highest BCUT2D eigenvalue weighted by atomic mass is 16.5. The topological polar surface area (TPSA) is 67.4 Å². The predicted octanol–water partition coefficient (Wildman–Crippen LogP) is 2.81. The third kappa shape index (κ3) is 3.41. The smallest absolute Gasteiger partial charge is 0.252 e. The molecule has 5 heteroatoms. The van der Waals surface area contributed by atoms with Gasteiger partial charge in [0.2, 0.25) is 5.91 Å². The predicted molar refractivity (Wildman–Crippen MR) is 97.2 cm³/mol. The molecule has 3 rings (SSSR count). The maximum absolute atomic E-state index is 12.8. The molecule has 1 aliphatic heterocycles. The Morgan fingerprint density at radius 3 is 2.48 bits per heavy atom. The highest BCUT2D eigenvalue weighted by Gasteiger charge is 2.45. The fourth-order valence-corrected chi connectivity index (χ4v) is 3.95. The summed E-state index contributed by atoms with van der Waals surface area (Å²) in [6.45, 7) is 2.26. The Morgan fingerprint density at radius 1 is 1.20 bits per heavy atom. The lowest BCUT2D eigenvalue weighted by molar-refractivity contribution is -0.120. The summed E-state index contributed by atoms with van der Waals surface area (Å²) in [5, 5.41) is 6.22. The summed E-state index contributed by atoms with van der Waals surface area (Å²) in [5.41, 5.74) is 2.32. The number of rotatable bonds is 5. The van der Waals surface area contributed by atoms with Crippen molar-refractivity contribution < 1.29 is 14.3 Å². The first kappa shape index (κ1) is 17.5. The third-order valence-electron chi connectivity index (χ3n) is 5.33. The molecule has 1 aliphatic carbocycles. The van der Waals surface area contributed by atoms with Crippen LogP contribution in [0.5, 0.6) is 5.75 Å². The van der Waals surface area contributed by atoms with Gasteiger partial charge in [-0.1, -0.05) is 38.3 Å². The van der Waals surface area contributed by atoms with Gasteiger partial charge < -0.3 is 15.4 Å². The average Bonchev–Trinajstić information content (AvgIpc) is 2.91. The summed E-state index contributed by atoms with van der Waals surface area (Å²) in [4.78, 5) is 24.6. The van der Waals surface area contributed by atoms with Crippen LogP contribution in [0.2, 0.25) is 0 Å². The number of hydrogen-bond donors (Lipinski definition) is 2. The maximum Gasteiger partial charge on any atom is 0.252 e. The van der Waals surface area contributed by atoms with E-state index in [0.717, 1.165) is 42.6 Å². The number of nitrogens with one attached hydrogen (secondary N) is 2. The molecule has 2 N–H and O–H groups in total. The van der Waals surface area contributed by atoms with Crippen molar-refractivity contribution in [1.29, 1.82) is 0 Å². The van der Waals surface area contributed by atoms with Gasteiger partial charge in [0.05, 0.1) is 12.6 Å². The van der Waals surface area contributed by atoms with Crippen molar-refractivity contribution in [2.24, 2.45) is 0 Å². The molecule has 2 aliphatic rings. The van der Waals surface area contributed by atoms with E-state index in [1.54, 1.807) is 7.11 Å². The highest BCUT2D eigenvalue weighted by molar-refractivity contribution is 6.23. The minimum atomic E-state index is -0.300. The second-order valence-corrected chi connectivity index (χ2v) is 6.81. The summed E-state index contributed by atoms with van der Waals surface area (Å²) in [6, 6.07) is 7.56. The van der Waals surface area contributed by atoms with Crippen molar-refractivity contribution in [1.82, 2.24) is 10.6 Å². The van der Waals surface area contributed by atoms with Crippen molar-refractivity contribution in [3.8, 4) is 5.75 Å². The van der Waals surface area contributed by atoms with Crippen LogP contribution < -0.4 is 15.4 Å². The van der Waals surface area contributed by atoms with E-state index in [4.69, 9.17) is 4.74 Å². The lowest BCUT2D eigenvalue weighted by Crippen LogP contribution is -2.48. The van der Waals surface area contributed by atoms with E-state index in [1.807, 2.05) is 31.2 Å². The van der Waals surface area contributed by atoms with Gasteiger partial charge in [0.25, 0.3) is 5.91 Å². The van der Waals surface area contributed by atoms with E-state index in [9.17, 15) is 9.59 Å². The van der Waals surface area contributed by atoms with Crippen molar-refractivity contribution in [2.45, 2.75) is 51.0 Å². The molecule has 0 aromatic heterocycles. The van der Waals surface area contributed by atoms with Crippen molar-refractivity contribution in [3.63, 3.8) is 0 Å². The van der Waals surface area contributed by atoms with E-state index in [-0.39, 0.29) is 17.4 Å². The van der Waals surface area contributed by atoms with Gasteiger partial charge >= 0.3 is 0 Å². The molecule has 1 heterocycles. The number of amides is 2. The molecule has 0 saturated heterocycles. The molecule has 0 radical (unpaired) electrons. The Kier molecular flexibility index (Phi) is 5.11. The minimum absolute atomic E-state index is 0.00638. The lowest BCUT2D eigenvalue weighted by atomic mass is 9.76. The Labute approximate surface area is 148 Å². The Hall–Kier alpha value is -2.30. The van der Waals surface area contributed by atoms with Gasteiger partial charge in [-0.2, -0.15) is 0 Å². The van der Waals surface area contributed by atoms with Crippen LogP contribution in [0.25, 0.3) is 5.57 Å². The summed E-state index contributed by atoms with van der Waals surface area (Å²) in [5.74, 6) is 0.732. The zero-order valence-electron chi connectivity index (χ0n) is 15.0. The molecule has 25 heavy (non-hydrogen) atoms. The SMILES string of the molecule is CCC(=O)NCC1=C(c2ccc(OC)cc2)C(=O)NC12CCCCC2. The monoisotopic (exact) mass is 342 g/mol. The Bertz CT molecular complexity index is 685. The van der Waals surface area contributed by atoms with E-state index in [2.05, 4.69) is 10.6 Å². The molecular formula is C20H26N2O3. The maximum atomic E-state index is 12.8. The normalized spacial score (nSPS) is 19.0. The van der Waals surface area contributed by atoms with E-state index in [1.165, 1.54) is 6.42 Å². The van der Waals surface area contributed by atoms with Crippen LogP contribution in [-0.2, 0) is 9.59 Å². The van der Waals surface area contributed by atoms with Crippen LogP contribution in [0.1, 0.15) is 51.0 Å². The molecule has 1 aromatic carbocycles. The number of hydrogen-bond acceptors (Lipinski definition) is 3. The molecule has 1 aromatic rings. The van der Waals surface area contributed by atoms with Gasteiger partial charge in [0.15, 0.2) is 0 Å². The first-order valence-electron chi connectivity index (χ1n) is 9.07. The number of benzene rings is 1. The summed E-state index contributed by atoms with van der Waals surface area (Å²) in [6.07, 6.45) is 5.72. The zero-order valence-corrected chi connectivity index (χ0v) is 15.0. The number of carbonyl (C=O) groups is 2. The fraction of sp³-hybridized carbons (Fsp3) is 0.500. The van der Waals surface area contributed by atoms with Gasteiger partial charge in [-0.15, -0.1) is 0 Å². The minimum Gasteiger partial charge on any atom is -0.497 e. The second-order valence-electron chi connectivity index (χ2n) is 6.81. The first-order valence-corrected chi connectivity index (χ1v) is 9.07. The quantitative estimate of drug-likeness (QED) is 0.865. The Morgan fingerprint density at radius 2 is 1.88 bits per heavy atom. The van der Waals surface area contributed by atoms with Gasteiger partial charge in [0, 0.05) is 18.5 Å². The summed E-state index contributed by atoms with van der Waals surface area (Å²) in [7, 11) is 1.62. The number of ether oxygens (including phenoxy) is 1. The van der Waals surface area contributed by atoms with Crippen LogP contribution in [-0.4, -0.2) is 31.0 Å². The molecule has 2 amide bonds. The first-order chi connectivity index (χ1) is 12.1. The molecule has 1 fully saturated rings. The fourth-order valence-electron chi connectivity index (χ4n) is 3.95. The van der Waals surface area contributed by atoms with Crippen LogP contribution >= 0.6 is 0 Å². The van der Waals surface area contributed by atoms with Gasteiger partial charge in [-0.3, -0.25) is 9.59 Å². The van der Waals surface area contributed by atoms with E-state index >= 15 is 0 Å². The van der Waals surface area contributed by atoms with Crippen molar-refractivity contribution >= 4 is 17.4 Å². The van der Waals surface area contributed by atoms with Crippen LogP contribution in [0.4, 0.5) is 0 Å². The molecule has 0 bridgehead atoms. The molecule has 1 saturated carbocycles. The molecule has 5 nitrogen and oxygen atoms in total. The molecule has 134 valence electrons. The largest absolute Gasteiger partial charge is 0.497 e. The van der Waals surface area contributed by atoms with Gasteiger partial charge in [-0.25, -0.2) is 0 Å². The van der Waals surface area contributed by atoms with Crippen LogP contribution in [0.15, 0.2) is 29.8 Å². The van der Waals surface area contributed by atoms with Gasteiger partial charge in [-0.05, 0) is 36.1 Å². The molecule has 1 spiro atoms. The van der Waals surface area contributed by atoms with E-state index < -0.39 is 0 Å². The van der Waals surface area contributed by atoms with Gasteiger partial charge in [0.1, 0.15) is 5.75 Å². The second kappa shape index (κ2) is 7.30. The van der Waals surface area contributed by atoms with Crippen molar-refractivity contribution in [2.75, 3.05) is 13.7 Å².